The van der Waals surface area contributed by atoms with Crippen molar-refractivity contribution < 1.29 is 8.42 Å². The smallest absolute Gasteiger partial charge is 0.239 e. The molecule has 0 aliphatic rings. The standard InChI is InChI=1S/C7H13ClN6O2S/c1-10-17(15,16)3-2-11-6-5(8)4-12-7(13-6)14-9/h4,10H,2-3,9H2,1H3,(H2,11,12,13,14). The Morgan fingerprint density at radius 1 is 1.53 bits per heavy atom. The molecule has 0 aliphatic carbocycles. The van der Waals surface area contributed by atoms with Crippen molar-refractivity contribution in [2.24, 2.45) is 5.84 Å². The molecule has 96 valence electrons. The van der Waals surface area contributed by atoms with Gasteiger partial charge in [0.15, 0.2) is 5.82 Å². The Kier molecular flexibility index (Phi) is 4.87. The van der Waals surface area contributed by atoms with Crippen LogP contribution in [0.5, 0.6) is 0 Å². The monoisotopic (exact) mass is 280 g/mol. The summed E-state index contributed by atoms with van der Waals surface area (Å²) >= 11 is 5.82. The van der Waals surface area contributed by atoms with Crippen LogP contribution in [0, 0.1) is 0 Å². The van der Waals surface area contributed by atoms with Crippen molar-refractivity contribution in [1.82, 2.24) is 14.7 Å². The average Bonchev–Trinajstić information content (AvgIpc) is 2.31. The number of hydrogen-bond acceptors (Lipinski definition) is 7. The molecule has 0 amide bonds. The van der Waals surface area contributed by atoms with Gasteiger partial charge in [0, 0.05) is 6.54 Å². The average molecular weight is 281 g/mol. The maximum atomic E-state index is 11.1. The maximum Gasteiger partial charge on any atom is 0.239 e. The Hall–Kier alpha value is -1.16. The molecule has 0 fully saturated rings. The minimum Gasteiger partial charge on any atom is -0.368 e. The number of aromatic nitrogens is 2. The summed E-state index contributed by atoms with van der Waals surface area (Å²) in [6.45, 7) is 0.171. The van der Waals surface area contributed by atoms with Gasteiger partial charge in [0.2, 0.25) is 16.0 Å². The topological polar surface area (TPSA) is 122 Å². The molecule has 0 atom stereocenters. The molecule has 1 rings (SSSR count). The van der Waals surface area contributed by atoms with E-state index in [0.29, 0.717) is 5.82 Å². The highest BCUT2D eigenvalue weighted by molar-refractivity contribution is 7.89. The molecule has 0 spiro atoms. The number of sulfonamides is 1. The summed E-state index contributed by atoms with van der Waals surface area (Å²) in [5.74, 6) is 5.56. The van der Waals surface area contributed by atoms with Crippen LogP contribution in [0.1, 0.15) is 0 Å². The molecule has 8 nitrogen and oxygen atoms in total. The second-order valence-corrected chi connectivity index (χ2v) is 5.44. The highest BCUT2D eigenvalue weighted by atomic mass is 35.5. The third-order valence-corrected chi connectivity index (χ3v) is 3.49. The lowest BCUT2D eigenvalue weighted by Crippen LogP contribution is -2.26. The zero-order valence-electron chi connectivity index (χ0n) is 9.07. The number of nitrogens with two attached hydrogens (primary N) is 1. The number of anilines is 2. The summed E-state index contributed by atoms with van der Waals surface area (Å²) in [5.41, 5.74) is 2.26. The maximum absolute atomic E-state index is 11.1. The zero-order chi connectivity index (χ0) is 12.9. The fourth-order valence-corrected chi connectivity index (χ4v) is 1.70. The quantitative estimate of drug-likeness (QED) is 0.404. The lowest BCUT2D eigenvalue weighted by molar-refractivity contribution is 0.588. The fraction of sp³-hybridized carbons (Fsp3) is 0.429. The molecule has 10 heteroatoms. The minimum atomic E-state index is -3.26. The van der Waals surface area contributed by atoms with Crippen LogP contribution in [0.2, 0.25) is 5.02 Å². The number of nitrogen functional groups attached to an aromatic ring is 1. The molecule has 5 N–H and O–H groups in total. The molecular formula is C7H13ClN6O2S. The first-order valence-electron chi connectivity index (χ1n) is 4.63. The Morgan fingerprint density at radius 3 is 2.82 bits per heavy atom. The van der Waals surface area contributed by atoms with Crippen LogP contribution in [0.4, 0.5) is 11.8 Å². The number of nitrogens with one attached hydrogen (secondary N) is 3. The Morgan fingerprint density at radius 2 is 2.24 bits per heavy atom. The molecule has 0 saturated heterocycles. The summed E-state index contributed by atoms with van der Waals surface area (Å²) in [4.78, 5) is 7.71. The van der Waals surface area contributed by atoms with E-state index in [-0.39, 0.29) is 23.3 Å². The van der Waals surface area contributed by atoms with E-state index in [2.05, 4.69) is 25.4 Å². The predicted molar refractivity (Wildman–Crippen MR) is 66.2 cm³/mol. The van der Waals surface area contributed by atoms with Crippen molar-refractivity contribution in [2.75, 3.05) is 30.1 Å². The van der Waals surface area contributed by atoms with Crippen molar-refractivity contribution in [3.63, 3.8) is 0 Å². The number of hydrazine groups is 1. The van der Waals surface area contributed by atoms with Gasteiger partial charge in [-0.2, -0.15) is 4.98 Å². The summed E-state index contributed by atoms with van der Waals surface area (Å²) in [5, 5.41) is 3.06. The van der Waals surface area contributed by atoms with Gasteiger partial charge in [-0.05, 0) is 7.05 Å². The van der Waals surface area contributed by atoms with Gasteiger partial charge in [0.25, 0.3) is 0 Å². The van der Waals surface area contributed by atoms with Gasteiger partial charge < -0.3 is 5.32 Å². The molecule has 17 heavy (non-hydrogen) atoms. The van der Waals surface area contributed by atoms with Crippen LogP contribution in [0.25, 0.3) is 0 Å². The van der Waals surface area contributed by atoms with Crippen molar-refractivity contribution >= 4 is 33.4 Å². The van der Waals surface area contributed by atoms with Gasteiger partial charge in [-0.3, -0.25) is 5.43 Å². The van der Waals surface area contributed by atoms with Crippen molar-refractivity contribution in [3.8, 4) is 0 Å². The number of hydrogen-bond donors (Lipinski definition) is 4. The van der Waals surface area contributed by atoms with Crippen LogP contribution in [-0.2, 0) is 10.0 Å². The number of rotatable bonds is 6. The number of halogens is 1. The molecule has 0 radical (unpaired) electrons. The summed E-state index contributed by atoms with van der Waals surface area (Å²) < 4.78 is 24.5. The van der Waals surface area contributed by atoms with Crippen LogP contribution < -0.4 is 21.3 Å². The molecule has 1 heterocycles. The predicted octanol–water partition coefficient (Wildman–Crippen LogP) is -0.623. The van der Waals surface area contributed by atoms with Crippen LogP contribution in [0.3, 0.4) is 0 Å². The van der Waals surface area contributed by atoms with E-state index in [0.717, 1.165) is 0 Å². The van der Waals surface area contributed by atoms with Crippen LogP contribution in [-0.4, -0.2) is 37.7 Å². The second-order valence-electron chi connectivity index (χ2n) is 2.98. The van der Waals surface area contributed by atoms with Crippen LogP contribution >= 0.6 is 11.6 Å². The zero-order valence-corrected chi connectivity index (χ0v) is 10.6. The molecule has 0 saturated carbocycles. The molecule has 0 aromatic carbocycles. The molecule has 1 aromatic heterocycles. The van der Waals surface area contributed by atoms with Gasteiger partial charge >= 0.3 is 0 Å². The molecule has 0 aliphatic heterocycles. The lowest BCUT2D eigenvalue weighted by Gasteiger charge is -2.08. The fourth-order valence-electron chi connectivity index (χ4n) is 0.966. The Labute approximate surface area is 104 Å². The largest absolute Gasteiger partial charge is 0.368 e. The van der Waals surface area contributed by atoms with Crippen molar-refractivity contribution in [2.45, 2.75) is 0 Å². The molecule has 0 bridgehead atoms. The van der Waals surface area contributed by atoms with Gasteiger partial charge in [-0.25, -0.2) is 24.0 Å². The van der Waals surface area contributed by atoms with Gasteiger partial charge in [0.1, 0.15) is 5.02 Å². The molecule has 0 unspecified atom stereocenters. The normalized spacial score (nSPS) is 11.2. The molecule has 1 aromatic rings. The van der Waals surface area contributed by atoms with Crippen molar-refractivity contribution in [1.29, 1.82) is 0 Å². The highest BCUT2D eigenvalue weighted by Gasteiger charge is 2.08. The summed E-state index contributed by atoms with van der Waals surface area (Å²) in [6, 6.07) is 0. The van der Waals surface area contributed by atoms with Crippen LogP contribution in [0.15, 0.2) is 6.20 Å². The SMILES string of the molecule is CNS(=O)(=O)CCNc1nc(NN)ncc1Cl. The second kappa shape index (κ2) is 5.96. The van der Waals surface area contributed by atoms with Gasteiger partial charge in [-0.1, -0.05) is 11.6 Å². The van der Waals surface area contributed by atoms with E-state index in [1.165, 1.54) is 13.2 Å². The highest BCUT2D eigenvalue weighted by Crippen LogP contribution is 2.18. The van der Waals surface area contributed by atoms with Gasteiger partial charge in [-0.15, -0.1) is 0 Å². The minimum absolute atomic E-state index is 0.0881. The third kappa shape index (κ3) is 4.30. The van der Waals surface area contributed by atoms with E-state index < -0.39 is 10.0 Å². The first kappa shape index (κ1) is 13.9. The lowest BCUT2D eigenvalue weighted by atomic mass is 10.5. The Balaban J connectivity index is 2.63. The molecular weight excluding hydrogens is 268 g/mol. The third-order valence-electron chi connectivity index (χ3n) is 1.85. The Bertz CT molecular complexity index is 479. The summed E-state index contributed by atoms with van der Waals surface area (Å²) in [6.07, 6.45) is 1.36. The summed E-state index contributed by atoms with van der Waals surface area (Å²) in [7, 11) is -1.91. The first-order chi connectivity index (χ1) is 7.98. The van der Waals surface area contributed by atoms with Gasteiger partial charge in [0.05, 0.1) is 11.9 Å². The first-order valence-corrected chi connectivity index (χ1v) is 6.66. The van der Waals surface area contributed by atoms with E-state index in [1.807, 2.05) is 0 Å². The van der Waals surface area contributed by atoms with E-state index in [1.54, 1.807) is 0 Å². The van der Waals surface area contributed by atoms with E-state index in [4.69, 9.17) is 17.4 Å². The van der Waals surface area contributed by atoms with E-state index >= 15 is 0 Å². The number of nitrogens with zero attached hydrogens (tertiary/aromatic N) is 2. The van der Waals surface area contributed by atoms with Crippen molar-refractivity contribution in [3.05, 3.63) is 11.2 Å². The van der Waals surface area contributed by atoms with E-state index in [9.17, 15) is 8.42 Å².